The van der Waals surface area contributed by atoms with E-state index in [1.54, 1.807) is 66.4 Å². The number of carbonyl (C=O) groups is 3. The maximum Gasteiger partial charge on any atom is 0.335 e. The fourth-order valence-electron chi connectivity index (χ4n) is 4.77. The lowest BCUT2D eigenvalue weighted by Crippen LogP contribution is -2.49. The van der Waals surface area contributed by atoms with Crippen molar-refractivity contribution in [2.45, 2.75) is 32.5 Å². The highest BCUT2D eigenvalue weighted by Crippen LogP contribution is 2.31. The third-order valence-corrected chi connectivity index (χ3v) is 7.10. The van der Waals surface area contributed by atoms with Crippen LogP contribution in [0.5, 0.6) is 5.75 Å². The zero-order valence-electron chi connectivity index (χ0n) is 23.4. The molecule has 3 aromatic rings. The first-order valence-electron chi connectivity index (χ1n) is 13.5. The van der Waals surface area contributed by atoms with E-state index in [9.17, 15) is 19.5 Å². The van der Waals surface area contributed by atoms with Crippen LogP contribution in [0.25, 0.3) is 0 Å². The van der Waals surface area contributed by atoms with Gasteiger partial charge in [0.1, 0.15) is 11.9 Å². The number of benzene rings is 3. The highest BCUT2D eigenvalue weighted by molar-refractivity contribution is 6.02. The molecule has 0 unspecified atom stereocenters. The average Bonchev–Trinajstić information content (AvgIpc) is 2.95. The van der Waals surface area contributed by atoms with Crippen molar-refractivity contribution in [3.05, 3.63) is 89.5 Å². The molecule has 1 aliphatic rings. The number of nitrogens with one attached hydrogen (secondary N) is 2. The van der Waals surface area contributed by atoms with Gasteiger partial charge in [-0.05, 0) is 62.0 Å². The normalized spacial score (nSPS) is 17.6. The van der Waals surface area contributed by atoms with E-state index < -0.39 is 18.0 Å². The van der Waals surface area contributed by atoms with Gasteiger partial charge in [0.2, 0.25) is 0 Å². The van der Waals surface area contributed by atoms with Gasteiger partial charge in [0.05, 0.1) is 23.8 Å². The van der Waals surface area contributed by atoms with Crippen LogP contribution in [0, 0.1) is 5.92 Å². The number of carboxylic acid groups (broad SMARTS) is 1. The summed E-state index contributed by atoms with van der Waals surface area (Å²) in [6.45, 7) is 5.11. The number of aromatic carboxylic acids is 1. The van der Waals surface area contributed by atoms with Crippen molar-refractivity contribution in [1.82, 2.24) is 9.80 Å². The molecule has 3 amide bonds. The van der Waals surface area contributed by atoms with Gasteiger partial charge in [-0.1, -0.05) is 37.3 Å². The molecule has 0 aliphatic carbocycles. The number of carbonyl (C=O) groups excluding carboxylic acids is 2. The maximum absolute atomic E-state index is 13.7. The number of urea groups is 1. The molecule has 41 heavy (non-hydrogen) atoms. The highest BCUT2D eigenvalue weighted by atomic mass is 16.5. The molecule has 3 atom stereocenters. The third kappa shape index (κ3) is 7.62. The second-order valence-electron chi connectivity index (χ2n) is 10.5. The number of hydrogen-bond acceptors (Lipinski definition) is 6. The topological polar surface area (TPSA) is 131 Å². The summed E-state index contributed by atoms with van der Waals surface area (Å²) in [7, 11) is 1.96. The number of amides is 3. The lowest BCUT2D eigenvalue weighted by atomic mass is 9.99. The molecular weight excluding hydrogens is 524 g/mol. The molecule has 216 valence electrons. The standard InChI is InChI=1S/C31H36N4O6/c1-20-16-35(21(2)19-36)29(37)26-15-25(33-31(40)32-24-7-5-4-6-8-24)13-14-27(26)41-28(20)18-34(3)17-22-9-11-23(12-10-22)30(38)39/h4-15,20-21,28,36H,16-19H2,1-3H3,(H,38,39)(H2,32,33,40)/t20-,21-,28+/m1/s1. The molecule has 0 fully saturated rings. The zero-order valence-corrected chi connectivity index (χ0v) is 23.4. The summed E-state index contributed by atoms with van der Waals surface area (Å²) in [5, 5.41) is 24.6. The second-order valence-corrected chi connectivity index (χ2v) is 10.5. The number of rotatable bonds is 9. The second kappa shape index (κ2) is 13.3. The molecule has 0 spiro atoms. The van der Waals surface area contributed by atoms with Crippen LogP contribution < -0.4 is 15.4 Å². The van der Waals surface area contributed by atoms with Crippen molar-refractivity contribution in [2.24, 2.45) is 5.92 Å². The smallest absolute Gasteiger partial charge is 0.335 e. The van der Waals surface area contributed by atoms with Crippen molar-refractivity contribution in [3.8, 4) is 5.75 Å². The molecule has 10 heteroatoms. The minimum atomic E-state index is -0.966. The summed E-state index contributed by atoms with van der Waals surface area (Å²) < 4.78 is 6.44. The van der Waals surface area contributed by atoms with E-state index >= 15 is 0 Å². The minimum absolute atomic E-state index is 0.0626. The monoisotopic (exact) mass is 560 g/mol. The Balaban J connectivity index is 1.54. The van der Waals surface area contributed by atoms with E-state index in [0.717, 1.165) is 5.56 Å². The molecular formula is C31H36N4O6. The lowest BCUT2D eigenvalue weighted by Gasteiger charge is -2.38. The number of fused-ring (bicyclic) bond motifs is 1. The Morgan fingerprint density at radius 1 is 1.05 bits per heavy atom. The van der Waals surface area contributed by atoms with Crippen LogP contribution in [0.4, 0.5) is 16.2 Å². The molecule has 0 aromatic heterocycles. The molecule has 0 saturated heterocycles. The van der Waals surface area contributed by atoms with Gasteiger partial charge in [-0.25, -0.2) is 9.59 Å². The van der Waals surface area contributed by atoms with Gasteiger partial charge in [-0.3, -0.25) is 9.69 Å². The summed E-state index contributed by atoms with van der Waals surface area (Å²) in [6.07, 6.45) is -0.293. The number of likely N-dealkylation sites (N-methyl/N-ethyl adjacent to an activating group) is 1. The van der Waals surface area contributed by atoms with Crippen LogP contribution in [0.15, 0.2) is 72.8 Å². The van der Waals surface area contributed by atoms with E-state index in [1.165, 1.54) is 0 Å². The molecule has 0 saturated carbocycles. The molecule has 4 N–H and O–H groups in total. The Hall–Kier alpha value is -4.41. The molecule has 1 heterocycles. The molecule has 3 aromatic carbocycles. The third-order valence-electron chi connectivity index (χ3n) is 7.10. The van der Waals surface area contributed by atoms with Crippen LogP contribution in [0.1, 0.15) is 40.1 Å². The SMILES string of the molecule is C[C@@H]1CN([C@H](C)CO)C(=O)c2cc(NC(=O)Nc3ccccc3)ccc2O[C@H]1CN(C)Cc1ccc(C(=O)O)cc1. The van der Waals surface area contributed by atoms with Crippen LogP contribution in [0.3, 0.4) is 0 Å². The summed E-state index contributed by atoms with van der Waals surface area (Å²) in [6, 6.07) is 19.9. The van der Waals surface area contributed by atoms with Crippen LogP contribution in [0.2, 0.25) is 0 Å². The Morgan fingerprint density at radius 2 is 1.73 bits per heavy atom. The van der Waals surface area contributed by atoms with Gasteiger partial charge < -0.3 is 30.5 Å². The van der Waals surface area contributed by atoms with E-state index in [-0.39, 0.29) is 30.1 Å². The zero-order chi connectivity index (χ0) is 29.5. The van der Waals surface area contributed by atoms with E-state index in [1.807, 2.05) is 32.2 Å². The van der Waals surface area contributed by atoms with Gasteiger partial charge in [-0.2, -0.15) is 0 Å². The van der Waals surface area contributed by atoms with Gasteiger partial charge in [0.15, 0.2) is 0 Å². The Labute approximate surface area is 239 Å². The van der Waals surface area contributed by atoms with Crippen LogP contribution in [-0.2, 0) is 6.54 Å². The number of anilines is 2. The quantitative estimate of drug-likeness (QED) is 0.305. The number of nitrogens with zero attached hydrogens (tertiary/aromatic N) is 2. The number of aliphatic hydroxyl groups is 1. The summed E-state index contributed by atoms with van der Waals surface area (Å²) in [4.78, 5) is 41.1. The van der Waals surface area contributed by atoms with Gasteiger partial charge in [0, 0.05) is 36.9 Å². The van der Waals surface area contributed by atoms with E-state index in [4.69, 9.17) is 9.84 Å². The fourth-order valence-corrected chi connectivity index (χ4v) is 4.77. The Morgan fingerprint density at radius 3 is 2.39 bits per heavy atom. The summed E-state index contributed by atoms with van der Waals surface area (Å²) in [5.74, 6) is -0.917. The van der Waals surface area contributed by atoms with Crippen molar-refractivity contribution in [1.29, 1.82) is 0 Å². The fraction of sp³-hybridized carbons (Fsp3) is 0.323. The molecule has 0 radical (unpaired) electrons. The molecule has 0 bridgehead atoms. The van der Waals surface area contributed by atoms with Crippen LogP contribution in [-0.4, -0.2) is 76.8 Å². The maximum atomic E-state index is 13.7. The number of carboxylic acids is 1. The summed E-state index contributed by atoms with van der Waals surface area (Å²) >= 11 is 0. The Bertz CT molecular complexity index is 1360. The number of hydrogen-bond donors (Lipinski definition) is 4. The predicted octanol–water partition coefficient (Wildman–Crippen LogP) is 4.38. The predicted molar refractivity (Wildman–Crippen MR) is 156 cm³/mol. The molecule has 1 aliphatic heterocycles. The minimum Gasteiger partial charge on any atom is -0.488 e. The first-order valence-corrected chi connectivity index (χ1v) is 13.5. The van der Waals surface area contributed by atoms with Crippen molar-refractivity contribution in [3.63, 3.8) is 0 Å². The highest BCUT2D eigenvalue weighted by Gasteiger charge is 2.33. The first-order chi connectivity index (χ1) is 19.6. The summed E-state index contributed by atoms with van der Waals surface area (Å²) in [5.41, 5.74) is 2.56. The average molecular weight is 561 g/mol. The van der Waals surface area contributed by atoms with E-state index in [0.29, 0.717) is 42.3 Å². The number of aliphatic hydroxyl groups excluding tert-OH is 1. The van der Waals surface area contributed by atoms with Gasteiger partial charge >= 0.3 is 12.0 Å². The van der Waals surface area contributed by atoms with Crippen molar-refractivity contribution < 1.29 is 29.3 Å². The van der Waals surface area contributed by atoms with Crippen LogP contribution >= 0.6 is 0 Å². The largest absolute Gasteiger partial charge is 0.488 e. The van der Waals surface area contributed by atoms with Crippen molar-refractivity contribution >= 4 is 29.3 Å². The first kappa shape index (κ1) is 29.6. The van der Waals surface area contributed by atoms with Crippen molar-refractivity contribution in [2.75, 3.05) is 37.4 Å². The Kier molecular flexibility index (Phi) is 9.59. The number of ether oxygens (including phenoxy) is 1. The number of para-hydroxylation sites is 1. The lowest BCUT2D eigenvalue weighted by molar-refractivity contribution is 0.0341. The van der Waals surface area contributed by atoms with Gasteiger partial charge in [-0.15, -0.1) is 0 Å². The molecule has 4 rings (SSSR count). The van der Waals surface area contributed by atoms with E-state index in [2.05, 4.69) is 15.5 Å². The molecule has 10 nitrogen and oxygen atoms in total. The van der Waals surface area contributed by atoms with Gasteiger partial charge in [0.25, 0.3) is 5.91 Å².